The Hall–Kier alpha value is -3.56. The standard InChI is InChI=1S/C27H19ClF17NO4/c1-2-49-19(48)15-6-10-17(11-7-15)46(18(47)14-4-8-16(28)9-5-14)50-13-3-12-20(29,30)21(31,32)22(33,34)23(35,36)24(37,38)25(39,40)26(41,42)27(43,44)45/h4-11H,2-3,12-13H2,1H3. The second kappa shape index (κ2) is 14.2. The minimum atomic E-state index is -8.73. The number of hydrogen-bond acceptors (Lipinski definition) is 4. The maximum Gasteiger partial charge on any atom is 0.460 e. The van der Waals surface area contributed by atoms with E-state index in [-0.39, 0.29) is 33.5 Å². The summed E-state index contributed by atoms with van der Waals surface area (Å²) in [7, 11) is 0. The van der Waals surface area contributed by atoms with Gasteiger partial charge in [0.05, 0.1) is 24.5 Å². The number of anilines is 1. The van der Waals surface area contributed by atoms with Crippen molar-refractivity contribution in [3.05, 3.63) is 64.7 Å². The third kappa shape index (κ3) is 7.40. The van der Waals surface area contributed by atoms with E-state index in [1.165, 1.54) is 19.1 Å². The Kier molecular flexibility index (Phi) is 12.1. The third-order valence-corrected chi connectivity index (χ3v) is 6.78. The second-order valence-electron chi connectivity index (χ2n) is 9.96. The summed E-state index contributed by atoms with van der Waals surface area (Å²) in [6, 6.07) is 8.66. The Morgan fingerprint density at radius 2 is 1.04 bits per heavy atom. The number of halogens is 18. The van der Waals surface area contributed by atoms with Crippen molar-refractivity contribution in [3.8, 4) is 0 Å². The molecule has 0 aliphatic heterocycles. The number of amides is 1. The maximum absolute atomic E-state index is 14.3. The second-order valence-corrected chi connectivity index (χ2v) is 10.4. The molecule has 2 aromatic rings. The molecule has 0 radical (unpaired) electrons. The fourth-order valence-corrected chi connectivity index (χ4v) is 3.84. The van der Waals surface area contributed by atoms with Gasteiger partial charge in [0.1, 0.15) is 0 Å². The van der Waals surface area contributed by atoms with E-state index in [2.05, 4.69) is 0 Å². The lowest BCUT2D eigenvalue weighted by Gasteiger charge is -2.42. The molecular weight excluding hydrogens is 761 g/mol. The van der Waals surface area contributed by atoms with E-state index in [0.717, 1.165) is 36.4 Å². The largest absolute Gasteiger partial charge is 0.462 e. The molecule has 0 saturated carbocycles. The number of rotatable bonds is 15. The number of nitrogens with zero attached hydrogens (tertiary/aromatic N) is 1. The average Bonchev–Trinajstić information content (AvgIpc) is 3.00. The molecule has 0 saturated heterocycles. The molecule has 0 bridgehead atoms. The molecule has 50 heavy (non-hydrogen) atoms. The van der Waals surface area contributed by atoms with Crippen LogP contribution in [0.15, 0.2) is 48.5 Å². The first-order chi connectivity index (χ1) is 22.5. The van der Waals surface area contributed by atoms with Crippen molar-refractivity contribution in [1.82, 2.24) is 0 Å². The van der Waals surface area contributed by atoms with Crippen molar-refractivity contribution in [2.75, 3.05) is 18.3 Å². The number of ether oxygens (including phenoxy) is 1. The molecule has 0 fully saturated rings. The third-order valence-electron chi connectivity index (χ3n) is 6.53. The molecule has 0 unspecified atom stereocenters. The van der Waals surface area contributed by atoms with Crippen molar-refractivity contribution in [2.45, 2.75) is 67.4 Å². The van der Waals surface area contributed by atoms with Gasteiger partial charge < -0.3 is 4.74 Å². The van der Waals surface area contributed by atoms with E-state index in [1.807, 2.05) is 0 Å². The van der Waals surface area contributed by atoms with Crippen LogP contribution in [0.3, 0.4) is 0 Å². The fourth-order valence-electron chi connectivity index (χ4n) is 3.71. The molecule has 0 atom stereocenters. The number of alkyl halides is 17. The van der Waals surface area contributed by atoms with Crippen molar-refractivity contribution in [1.29, 1.82) is 0 Å². The van der Waals surface area contributed by atoms with Crippen molar-refractivity contribution < 1.29 is 93.8 Å². The van der Waals surface area contributed by atoms with Crippen molar-refractivity contribution in [3.63, 3.8) is 0 Å². The van der Waals surface area contributed by atoms with Gasteiger partial charge >= 0.3 is 53.6 Å². The molecule has 0 N–H and O–H groups in total. The number of benzene rings is 2. The summed E-state index contributed by atoms with van der Waals surface area (Å²) < 4.78 is 234. The van der Waals surface area contributed by atoms with Gasteiger partial charge in [0.25, 0.3) is 5.91 Å². The van der Waals surface area contributed by atoms with Crippen LogP contribution in [-0.2, 0) is 9.57 Å². The van der Waals surface area contributed by atoms with Crippen LogP contribution in [-0.4, -0.2) is 72.7 Å². The highest BCUT2D eigenvalue weighted by Crippen LogP contribution is 2.64. The van der Waals surface area contributed by atoms with Gasteiger partial charge in [0.15, 0.2) is 0 Å². The van der Waals surface area contributed by atoms with Gasteiger partial charge in [-0.1, -0.05) is 11.6 Å². The highest BCUT2D eigenvalue weighted by Gasteiger charge is 2.95. The van der Waals surface area contributed by atoms with Gasteiger partial charge in [-0.05, 0) is 61.9 Å². The van der Waals surface area contributed by atoms with Gasteiger partial charge in [0.2, 0.25) is 0 Å². The lowest BCUT2D eigenvalue weighted by atomic mass is 9.88. The number of carbonyl (C=O) groups excluding carboxylic acids is 2. The Bertz CT molecular complexity index is 1500. The minimum absolute atomic E-state index is 0.0545. The summed E-state index contributed by atoms with van der Waals surface area (Å²) in [5.74, 6) is -59.1. The van der Waals surface area contributed by atoms with Crippen LogP contribution in [0.2, 0.25) is 5.02 Å². The van der Waals surface area contributed by atoms with Gasteiger partial charge in [0, 0.05) is 17.0 Å². The molecule has 2 aromatic carbocycles. The lowest BCUT2D eigenvalue weighted by Crippen LogP contribution is -2.74. The monoisotopic (exact) mass is 779 g/mol. The van der Waals surface area contributed by atoms with Crippen LogP contribution in [0.1, 0.15) is 40.5 Å². The smallest absolute Gasteiger partial charge is 0.460 e. The summed E-state index contributed by atoms with van der Waals surface area (Å²) >= 11 is 5.72. The minimum Gasteiger partial charge on any atom is -0.462 e. The Balaban J connectivity index is 2.36. The van der Waals surface area contributed by atoms with Crippen LogP contribution in [0.5, 0.6) is 0 Å². The normalized spacial score (nSPS) is 14.1. The number of hydroxylamine groups is 1. The van der Waals surface area contributed by atoms with E-state index < -0.39 is 79.0 Å². The first-order valence-electron chi connectivity index (χ1n) is 13.2. The van der Waals surface area contributed by atoms with E-state index in [4.69, 9.17) is 21.2 Å². The molecule has 0 heterocycles. The van der Waals surface area contributed by atoms with Gasteiger partial charge in [-0.15, -0.1) is 0 Å². The fraction of sp³-hybridized carbons (Fsp3) is 0.481. The summed E-state index contributed by atoms with van der Waals surface area (Å²) in [6.07, 6.45) is -12.3. The molecule has 0 aromatic heterocycles. The van der Waals surface area contributed by atoms with Gasteiger partial charge in [-0.2, -0.15) is 79.7 Å². The molecule has 282 valence electrons. The van der Waals surface area contributed by atoms with Crippen molar-refractivity contribution in [2.24, 2.45) is 0 Å². The molecule has 0 aliphatic rings. The quantitative estimate of drug-likeness (QED) is 0.0782. The Morgan fingerprint density at radius 3 is 1.48 bits per heavy atom. The predicted octanol–water partition coefficient (Wildman–Crippen LogP) is 9.88. The topological polar surface area (TPSA) is 55.8 Å². The van der Waals surface area contributed by atoms with Crippen LogP contribution in [0.4, 0.5) is 80.3 Å². The molecule has 0 aliphatic carbocycles. The van der Waals surface area contributed by atoms with E-state index >= 15 is 0 Å². The van der Waals surface area contributed by atoms with Crippen molar-refractivity contribution >= 4 is 29.2 Å². The van der Waals surface area contributed by atoms with E-state index in [9.17, 15) is 84.2 Å². The first kappa shape index (κ1) is 42.6. The number of hydrogen-bond donors (Lipinski definition) is 0. The molecule has 0 spiro atoms. The zero-order chi connectivity index (χ0) is 38.9. The van der Waals surface area contributed by atoms with E-state index in [1.54, 1.807) is 0 Å². The molecular formula is C27H19ClF17NO4. The van der Waals surface area contributed by atoms with Crippen LogP contribution < -0.4 is 5.06 Å². The first-order valence-corrected chi connectivity index (χ1v) is 13.6. The molecule has 2 rings (SSSR count). The maximum atomic E-state index is 14.3. The van der Waals surface area contributed by atoms with Crippen LogP contribution >= 0.6 is 11.6 Å². The zero-order valence-electron chi connectivity index (χ0n) is 24.3. The molecule has 1 amide bonds. The zero-order valence-corrected chi connectivity index (χ0v) is 25.1. The van der Waals surface area contributed by atoms with Crippen LogP contribution in [0, 0.1) is 0 Å². The summed E-state index contributed by atoms with van der Waals surface area (Å²) in [5, 5.41) is 0.384. The summed E-state index contributed by atoms with van der Waals surface area (Å²) in [4.78, 5) is 29.9. The van der Waals surface area contributed by atoms with E-state index in [0.29, 0.717) is 0 Å². The molecule has 23 heteroatoms. The SMILES string of the molecule is CCOC(=O)c1ccc(N(OCCCC(F)(F)C(F)(F)C(F)(F)C(F)(F)C(F)(F)C(F)(F)C(F)(F)C(F)(F)F)C(=O)c2ccc(Cl)cc2)cc1. The lowest BCUT2D eigenvalue weighted by molar-refractivity contribution is -0.461. The highest BCUT2D eigenvalue weighted by atomic mass is 35.5. The number of esters is 1. The van der Waals surface area contributed by atoms with Gasteiger partial charge in [-0.3, -0.25) is 9.63 Å². The summed E-state index contributed by atoms with van der Waals surface area (Å²) in [5.41, 5.74) is -0.670. The Labute approximate surface area is 273 Å². The average molecular weight is 780 g/mol. The van der Waals surface area contributed by atoms with Crippen LogP contribution in [0.25, 0.3) is 0 Å². The molecule has 5 nitrogen and oxygen atoms in total. The Morgan fingerprint density at radius 1 is 0.620 bits per heavy atom. The van der Waals surface area contributed by atoms with Gasteiger partial charge in [-0.25, -0.2) is 4.79 Å². The summed E-state index contributed by atoms with van der Waals surface area (Å²) in [6.45, 7) is 0.0198. The predicted molar refractivity (Wildman–Crippen MR) is 137 cm³/mol. The number of carbonyl (C=O) groups is 2. The highest BCUT2D eigenvalue weighted by molar-refractivity contribution is 6.30.